The lowest BCUT2D eigenvalue weighted by Crippen LogP contribution is -2.49. The van der Waals surface area contributed by atoms with E-state index in [0.29, 0.717) is 17.8 Å². The first-order valence-electron chi connectivity index (χ1n) is 11.3. The number of aldehydes is 1. The first kappa shape index (κ1) is 22.2. The number of piperazine rings is 1. The van der Waals surface area contributed by atoms with Crippen LogP contribution in [-0.4, -0.2) is 59.0 Å². The van der Waals surface area contributed by atoms with Gasteiger partial charge in [0.05, 0.1) is 11.1 Å². The van der Waals surface area contributed by atoms with Gasteiger partial charge in [-0.1, -0.05) is 32.0 Å². The average molecular weight is 433 g/mol. The molecule has 0 spiro atoms. The van der Waals surface area contributed by atoms with Crippen LogP contribution in [0.15, 0.2) is 42.5 Å². The third-order valence-corrected chi connectivity index (χ3v) is 6.24. The number of rotatable bonds is 7. The molecule has 32 heavy (non-hydrogen) atoms. The van der Waals surface area contributed by atoms with E-state index in [1.165, 1.54) is 0 Å². The minimum atomic E-state index is 0.125. The number of phenols is 1. The van der Waals surface area contributed by atoms with Crippen LogP contribution in [0.25, 0.3) is 22.3 Å². The van der Waals surface area contributed by atoms with Gasteiger partial charge in [-0.2, -0.15) is 0 Å². The van der Waals surface area contributed by atoms with E-state index >= 15 is 0 Å². The monoisotopic (exact) mass is 432 g/mol. The number of phenolic OH excluding ortho intramolecular Hbond substituents is 1. The van der Waals surface area contributed by atoms with E-state index in [2.05, 4.69) is 48.8 Å². The fourth-order valence-corrected chi connectivity index (χ4v) is 4.50. The topological polar surface area (TPSA) is 69.6 Å². The van der Waals surface area contributed by atoms with Crippen molar-refractivity contribution < 1.29 is 9.90 Å². The van der Waals surface area contributed by atoms with Crippen molar-refractivity contribution in [1.82, 2.24) is 14.9 Å². The molecule has 0 bridgehead atoms. The summed E-state index contributed by atoms with van der Waals surface area (Å²) in [5.74, 6) is 1.66. The van der Waals surface area contributed by atoms with Crippen molar-refractivity contribution in [3.63, 3.8) is 0 Å². The second-order valence-electron chi connectivity index (χ2n) is 9.54. The van der Waals surface area contributed by atoms with Gasteiger partial charge in [0, 0.05) is 44.5 Å². The molecule has 2 heterocycles. The molecule has 1 fully saturated rings. The molecule has 0 atom stereocenters. The fourth-order valence-electron chi connectivity index (χ4n) is 4.50. The molecule has 0 unspecified atom stereocenters. The second kappa shape index (κ2) is 9.25. The zero-order chi connectivity index (χ0) is 22.7. The molecule has 1 aliphatic heterocycles. The maximum Gasteiger partial charge on any atom is 0.165 e. The Kier molecular flexibility index (Phi) is 6.42. The molecule has 1 aliphatic rings. The number of aromatic hydroxyl groups is 1. The van der Waals surface area contributed by atoms with Gasteiger partial charge in [-0.25, -0.2) is 9.97 Å². The predicted molar refractivity (Wildman–Crippen MR) is 129 cm³/mol. The Balaban J connectivity index is 1.60. The van der Waals surface area contributed by atoms with E-state index in [9.17, 15) is 9.90 Å². The van der Waals surface area contributed by atoms with E-state index in [-0.39, 0.29) is 11.2 Å². The van der Waals surface area contributed by atoms with Gasteiger partial charge in [0.25, 0.3) is 0 Å². The summed E-state index contributed by atoms with van der Waals surface area (Å²) >= 11 is 0. The van der Waals surface area contributed by atoms with Crippen molar-refractivity contribution in [2.45, 2.75) is 33.6 Å². The number of aromatic nitrogens is 2. The highest BCUT2D eigenvalue weighted by molar-refractivity contribution is 5.92. The normalized spacial score (nSPS) is 15.3. The van der Waals surface area contributed by atoms with Gasteiger partial charge < -0.3 is 14.8 Å². The van der Waals surface area contributed by atoms with E-state index < -0.39 is 0 Å². The number of fused-ring (bicyclic) bond motifs is 1. The molecule has 168 valence electrons. The molecule has 1 aromatic heterocycles. The average Bonchev–Trinajstić information content (AvgIpc) is 2.77. The standard InChI is InChI=1S/C26H32N4O2/c1-19-9-10-20-22(17-19)27-24(21-7-4-5-8-23(21)32)28-25(20)30-14-12-29(13-15-30)18-26(2,3)11-6-16-31/h4-5,7-10,16-17,32H,6,11-15,18H2,1-3H3. The van der Waals surface area contributed by atoms with E-state index in [1.54, 1.807) is 12.1 Å². The maximum atomic E-state index is 10.8. The Morgan fingerprint density at radius 3 is 2.53 bits per heavy atom. The number of para-hydroxylation sites is 1. The molecule has 1 N–H and O–H groups in total. The maximum absolute atomic E-state index is 10.8. The van der Waals surface area contributed by atoms with Gasteiger partial charge in [-0.3, -0.25) is 4.90 Å². The Hall–Kier alpha value is -2.99. The summed E-state index contributed by atoms with van der Waals surface area (Å²) in [5.41, 5.74) is 2.81. The van der Waals surface area contributed by atoms with Crippen molar-refractivity contribution in [3.8, 4) is 17.1 Å². The largest absolute Gasteiger partial charge is 0.507 e. The van der Waals surface area contributed by atoms with Crippen molar-refractivity contribution in [3.05, 3.63) is 48.0 Å². The molecule has 0 radical (unpaired) electrons. The number of hydrogen-bond acceptors (Lipinski definition) is 6. The highest BCUT2D eigenvalue weighted by Gasteiger charge is 2.26. The minimum Gasteiger partial charge on any atom is -0.507 e. The molecule has 4 rings (SSSR count). The van der Waals surface area contributed by atoms with Crippen LogP contribution < -0.4 is 4.90 Å². The number of carbonyl (C=O) groups excluding carboxylic acids is 1. The molecule has 3 aromatic rings. The third kappa shape index (κ3) is 4.91. The molecule has 0 aliphatic carbocycles. The molecular formula is C26H32N4O2. The summed E-state index contributed by atoms with van der Waals surface area (Å²) in [6.07, 6.45) is 2.55. The lowest BCUT2D eigenvalue weighted by atomic mass is 9.87. The van der Waals surface area contributed by atoms with Crippen LogP contribution >= 0.6 is 0 Å². The highest BCUT2D eigenvalue weighted by Crippen LogP contribution is 2.32. The summed E-state index contributed by atoms with van der Waals surface area (Å²) in [6.45, 7) is 11.2. The lowest BCUT2D eigenvalue weighted by molar-refractivity contribution is -0.108. The summed E-state index contributed by atoms with van der Waals surface area (Å²) in [6, 6.07) is 13.5. The minimum absolute atomic E-state index is 0.125. The fraction of sp³-hybridized carbons (Fsp3) is 0.423. The van der Waals surface area contributed by atoms with Crippen LogP contribution in [0.3, 0.4) is 0 Å². The van der Waals surface area contributed by atoms with Gasteiger partial charge >= 0.3 is 0 Å². The number of carbonyl (C=O) groups is 1. The third-order valence-electron chi connectivity index (χ3n) is 6.24. The predicted octanol–water partition coefficient (Wildman–Crippen LogP) is 4.44. The molecule has 1 saturated heterocycles. The molecule has 6 heteroatoms. The van der Waals surface area contributed by atoms with Crippen molar-refractivity contribution >= 4 is 23.0 Å². The van der Waals surface area contributed by atoms with E-state index in [4.69, 9.17) is 9.97 Å². The summed E-state index contributed by atoms with van der Waals surface area (Å²) < 4.78 is 0. The van der Waals surface area contributed by atoms with Crippen LogP contribution in [0.4, 0.5) is 5.82 Å². The zero-order valence-corrected chi connectivity index (χ0v) is 19.2. The van der Waals surface area contributed by atoms with Crippen LogP contribution in [0.2, 0.25) is 0 Å². The first-order valence-corrected chi connectivity index (χ1v) is 11.3. The summed E-state index contributed by atoms with van der Waals surface area (Å²) in [5, 5.41) is 11.4. The Morgan fingerprint density at radius 2 is 1.81 bits per heavy atom. The van der Waals surface area contributed by atoms with E-state index in [1.807, 2.05) is 12.1 Å². The van der Waals surface area contributed by atoms with Crippen LogP contribution in [0, 0.1) is 12.3 Å². The summed E-state index contributed by atoms with van der Waals surface area (Å²) in [7, 11) is 0. The molecule has 0 amide bonds. The molecule has 0 saturated carbocycles. The van der Waals surface area contributed by atoms with Crippen molar-refractivity contribution in [2.75, 3.05) is 37.6 Å². The van der Waals surface area contributed by atoms with Crippen LogP contribution in [0.5, 0.6) is 5.75 Å². The SMILES string of the molecule is Cc1ccc2c(N3CCN(CC(C)(C)CCC=O)CC3)nc(-c3ccccc3O)nc2c1. The first-order chi connectivity index (χ1) is 15.4. The van der Waals surface area contributed by atoms with Gasteiger partial charge in [0.2, 0.25) is 0 Å². The Labute approximate surface area is 189 Å². The smallest absolute Gasteiger partial charge is 0.165 e. The van der Waals surface area contributed by atoms with Gasteiger partial charge in [0.15, 0.2) is 5.82 Å². The van der Waals surface area contributed by atoms with Gasteiger partial charge in [0.1, 0.15) is 17.9 Å². The van der Waals surface area contributed by atoms with Crippen molar-refractivity contribution in [1.29, 1.82) is 0 Å². The molecule has 2 aromatic carbocycles. The number of benzene rings is 2. The highest BCUT2D eigenvalue weighted by atomic mass is 16.3. The lowest BCUT2D eigenvalue weighted by Gasteiger charge is -2.39. The summed E-state index contributed by atoms with van der Waals surface area (Å²) in [4.78, 5) is 25.3. The Bertz CT molecular complexity index is 1100. The van der Waals surface area contributed by atoms with E-state index in [0.717, 1.165) is 67.7 Å². The van der Waals surface area contributed by atoms with Gasteiger partial charge in [-0.05, 0) is 48.6 Å². The number of nitrogens with zero attached hydrogens (tertiary/aromatic N) is 4. The number of anilines is 1. The molecular weight excluding hydrogens is 400 g/mol. The zero-order valence-electron chi connectivity index (χ0n) is 19.2. The van der Waals surface area contributed by atoms with Crippen molar-refractivity contribution in [2.24, 2.45) is 5.41 Å². The second-order valence-corrected chi connectivity index (χ2v) is 9.54. The quantitative estimate of drug-likeness (QED) is 0.557. The van der Waals surface area contributed by atoms with Gasteiger partial charge in [-0.15, -0.1) is 0 Å². The Morgan fingerprint density at radius 1 is 1.06 bits per heavy atom. The number of hydrogen-bond donors (Lipinski definition) is 1. The van der Waals surface area contributed by atoms with Crippen LogP contribution in [0.1, 0.15) is 32.3 Å². The van der Waals surface area contributed by atoms with Crippen LogP contribution in [-0.2, 0) is 4.79 Å². The molecule has 6 nitrogen and oxygen atoms in total. The number of aryl methyl sites for hydroxylation is 1.